The van der Waals surface area contributed by atoms with Crippen LogP contribution in [0.5, 0.6) is 0 Å². The molecule has 0 bridgehead atoms. The first-order valence-corrected chi connectivity index (χ1v) is 8.65. The molecule has 0 unspecified atom stereocenters. The van der Waals surface area contributed by atoms with Crippen LogP contribution in [0.25, 0.3) is 22.4 Å². The van der Waals surface area contributed by atoms with Gasteiger partial charge in [0.2, 0.25) is 0 Å². The van der Waals surface area contributed by atoms with E-state index in [1.807, 2.05) is 49.2 Å². The fourth-order valence-electron chi connectivity index (χ4n) is 3.38. The molecule has 0 N–H and O–H groups in total. The molecular formula is C20H16N6O. The lowest BCUT2D eigenvalue weighted by Gasteiger charge is -2.22. The molecule has 0 saturated heterocycles. The lowest BCUT2D eigenvalue weighted by Crippen LogP contribution is -2.17. The Kier molecular flexibility index (Phi) is 3.75. The minimum absolute atomic E-state index is 0.0491. The second-order valence-electron chi connectivity index (χ2n) is 6.28. The van der Waals surface area contributed by atoms with Gasteiger partial charge >= 0.3 is 0 Å². The average Bonchev–Trinajstić information content (AvgIpc) is 3.47. The van der Waals surface area contributed by atoms with Gasteiger partial charge < -0.3 is 9.13 Å². The lowest BCUT2D eigenvalue weighted by molar-refractivity contribution is 0.315. The Labute approximate surface area is 154 Å². The Morgan fingerprint density at radius 3 is 2.70 bits per heavy atom. The zero-order valence-corrected chi connectivity index (χ0v) is 14.4. The van der Waals surface area contributed by atoms with Crippen LogP contribution in [-0.4, -0.2) is 29.4 Å². The Morgan fingerprint density at radius 1 is 0.926 bits per heavy atom. The van der Waals surface area contributed by atoms with Crippen molar-refractivity contribution in [2.75, 3.05) is 0 Å². The summed E-state index contributed by atoms with van der Waals surface area (Å²) >= 11 is 0. The predicted octanol–water partition coefficient (Wildman–Crippen LogP) is 3.57. The minimum atomic E-state index is 0.0491. The van der Waals surface area contributed by atoms with E-state index in [1.165, 1.54) is 5.56 Å². The Morgan fingerprint density at radius 2 is 1.85 bits per heavy atom. The maximum Gasteiger partial charge on any atom is 0.146 e. The van der Waals surface area contributed by atoms with Gasteiger partial charge in [0.25, 0.3) is 0 Å². The molecule has 0 aliphatic rings. The van der Waals surface area contributed by atoms with Crippen molar-refractivity contribution >= 4 is 11.0 Å². The number of nitrogens with zero attached hydrogens (tertiary/aromatic N) is 6. The molecule has 0 aliphatic heterocycles. The molecule has 5 aromatic rings. The highest BCUT2D eigenvalue weighted by molar-refractivity contribution is 5.88. The summed E-state index contributed by atoms with van der Waals surface area (Å²) in [5, 5.41) is 8.02. The molecular weight excluding hydrogens is 340 g/mol. The van der Waals surface area contributed by atoms with Crippen molar-refractivity contribution in [2.45, 2.75) is 12.6 Å². The number of aromatic nitrogens is 6. The molecule has 7 nitrogen and oxygen atoms in total. The molecule has 0 aliphatic carbocycles. The highest BCUT2D eigenvalue weighted by Gasteiger charge is 2.20. The van der Waals surface area contributed by atoms with Crippen molar-refractivity contribution in [1.29, 1.82) is 0 Å². The molecule has 27 heavy (non-hydrogen) atoms. The van der Waals surface area contributed by atoms with Gasteiger partial charge in [0, 0.05) is 36.9 Å². The van der Waals surface area contributed by atoms with Crippen LogP contribution >= 0.6 is 0 Å². The number of imidazole rings is 2. The first-order chi connectivity index (χ1) is 13.4. The highest BCUT2D eigenvalue weighted by atomic mass is 16.6. The minimum Gasteiger partial charge on any atom is -0.335 e. The molecule has 0 fully saturated rings. The van der Waals surface area contributed by atoms with E-state index in [9.17, 15) is 0 Å². The molecule has 132 valence electrons. The van der Waals surface area contributed by atoms with Crippen LogP contribution < -0.4 is 0 Å². The van der Waals surface area contributed by atoms with Crippen LogP contribution in [-0.2, 0) is 6.54 Å². The molecule has 3 aromatic heterocycles. The summed E-state index contributed by atoms with van der Waals surface area (Å²) in [6.07, 6.45) is 9.39. The Balaban J connectivity index is 1.65. The smallest absolute Gasteiger partial charge is 0.146 e. The topological polar surface area (TPSA) is 74.6 Å². The quantitative estimate of drug-likeness (QED) is 0.481. The molecule has 2 aromatic carbocycles. The third-order valence-electron chi connectivity index (χ3n) is 4.66. The molecule has 1 atom stereocenters. The van der Waals surface area contributed by atoms with Gasteiger partial charge in [-0.05, 0) is 28.0 Å². The summed E-state index contributed by atoms with van der Waals surface area (Å²) in [6, 6.07) is 16.2. The van der Waals surface area contributed by atoms with Crippen LogP contribution in [0.2, 0.25) is 0 Å². The molecule has 5 rings (SSSR count). The van der Waals surface area contributed by atoms with Crippen molar-refractivity contribution in [1.82, 2.24) is 29.4 Å². The maximum atomic E-state index is 4.92. The van der Waals surface area contributed by atoms with Crippen molar-refractivity contribution in [3.05, 3.63) is 85.2 Å². The van der Waals surface area contributed by atoms with Gasteiger partial charge in [-0.15, -0.1) is 0 Å². The average molecular weight is 356 g/mol. The van der Waals surface area contributed by atoms with E-state index in [-0.39, 0.29) is 6.04 Å². The number of hydrogen-bond donors (Lipinski definition) is 0. The number of hydrogen-bond acceptors (Lipinski definition) is 5. The van der Waals surface area contributed by atoms with Crippen LogP contribution in [0, 0.1) is 0 Å². The van der Waals surface area contributed by atoms with Gasteiger partial charge in [0.15, 0.2) is 0 Å². The Hall–Kier alpha value is -3.74. The maximum absolute atomic E-state index is 4.92. The van der Waals surface area contributed by atoms with E-state index in [0.29, 0.717) is 11.0 Å². The summed E-state index contributed by atoms with van der Waals surface area (Å²) < 4.78 is 9.16. The van der Waals surface area contributed by atoms with Gasteiger partial charge in [0.05, 0.1) is 12.4 Å². The van der Waals surface area contributed by atoms with Crippen LogP contribution in [0.4, 0.5) is 0 Å². The fraction of sp³-hybridized carbons (Fsp3) is 0.100. The van der Waals surface area contributed by atoms with Crippen molar-refractivity contribution < 1.29 is 4.63 Å². The largest absolute Gasteiger partial charge is 0.335 e. The van der Waals surface area contributed by atoms with E-state index < -0.39 is 0 Å². The van der Waals surface area contributed by atoms with E-state index in [2.05, 4.69) is 53.7 Å². The zero-order chi connectivity index (χ0) is 18.1. The third kappa shape index (κ3) is 2.79. The van der Waals surface area contributed by atoms with Crippen molar-refractivity contribution in [3.63, 3.8) is 0 Å². The molecule has 0 saturated carbocycles. The number of rotatable bonds is 5. The first kappa shape index (κ1) is 15.5. The van der Waals surface area contributed by atoms with Gasteiger partial charge in [-0.3, -0.25) is 0 Å². The van der Waals surface area contributed by atoms with Crippen LogP contribution in [0.1, 0.15) is 11.6 Å². The van der Waals surface area contributed by atoms with E-state index >= 15 is 0 Å². The van der Waals surface area contributed by atoms with Crippen LogP contribution in [0.15, 0.2) is 84.3 Å². The van der Waals surface area contributed by atoms with E-state index in [4.69, 9.17) is 4.63 Å². The third-order valence-corrected chi connectivity index (χ3v) is 4.66. The second-order valence-corrected chi connectivity index (χ2v) is 6.28. The molecule has 3 heterocycles. The predicted molar refractivity (Wildman–Crippen MR) is 99.8 cm³/mol. The summed E-state index contributed by atoms with van der Waals surface area (Å²) in [5.74, 6) is 0.824. The van der Waals surface area contributed by atoms with Crippen molar-refractivity contribution in [3.8, 4) is 11.4 Å². The summed E-state index contributed by atoms with van der Waals surface area (Å²) in [7, 11) is 0. The van der Waals surface area contributed by atoms with E-state index in [0.717, 1.165) is 17.9 Å². The summed E-state index contributed by atoms with van der Waals surface area (Å²) in [5.41, 5.74) is 3.51. The van der Waals surface area contributed by atoms with Gasteiger partial charge in [-0.25, -0.2) is 14.6 Å². The second kappa shape index (κ2) is 6.53. The monoisotopic (exact) mass is 356 g/mol. The molecule has 7 heteroatoms. The summed E-state index contributed by atoms with van der Waals surface area (Å²) in [6.45, 7) is 0.737. The van der Waals surface area contributed by atoms with Gasteiger partial charge in [-0.1, -0.05) is 36.4 Å². The molecule has 0 radical (unpaired) electrons. The van der Waals surface area contributed by atoms with Gasteiger partial charge in [0.1, 0.15) is 16.9 Å². The molecule has 0 amide bonds. The fourth-order valence-corrected chi connectivity index (χ4v) is 3.38. The zero-order valence-electron chi connectivity index (χ0n) is 14.4. The number of fused-ring (bicyclic) bond motifs is 1. The normalized spacial score (nSPS) is 12.4. The SMILES string of the molecule is c1ccc([C@@H](Cn2ccnc2)n2ccnc2-c2cccc3nonc23)cc1. The van der Waals surface area contributed by atoms with Crippen LogP contribution in [0.3, 0.4) is 0 Å². The lowest BCUT2D eigenvalue weighted by atomic mass is 10.1. The van der Waals surface area contributed by atoms with Gasteiger partial charge in [-0.2, -0.15) is 0 Å². The molecule has 0 spiro atoms. The first-order valence-electron chi connectivity index (χ1n) is 8.65. The van der Waals surface area contributed by atoms with Crippen molar-refractivity contribution in [2.24, 2.45) is 0 Å². The summed E-state index contributed by atoms with van der Waals surface area (Å²) in [4.78, 5) is 8.79. The standard InChI is InChI=1S/C20H16N6O/c1-2-5-15(6-3-1)18(13-25-11-9-21-14-25)26-12-10-22-20(26)16-7-4-8-17-19(16)24-27-23-17/h1-12,14,18H,13H2/t18-/m1/s1. The Bertz CT molecular complexity index is 1160. The highest BCUT2D eigenvalue weighted by Crippen LogP contribution is 2.30. The number of benzene rings is 2. The van der Waals surface area contributed by atoms with E-state index in [1.54, 1.807) is 6.20 Å².